The standard InChI is InChI=1S/C48H47F2N9O6/c1-24-16-32(17-25(2)40(24)50)59-42(56-14-13-55(46(56)63)30-7-9-33(41(51)60)34(49)20-30)39-35(53-59)21-31-8-11-37(39)57(31)43(61)38-19-29-18-27(28-12-15-64-47(4,5)23-28)6-10-36(29)58(38)48(22-26(48)3)44-52-45(62)65-54-44/h6-7,9-10,13-14,16-20,26,28,31,37H,8,11-12,15,21-23H2,1-5H3,(H2,51,60)(H,52,54,62)/t26-,28-,31+,37-,48-/m0/s1. The number of imidazole rings is 1. The van der Waals surface area contributed by atoms with Crippen molar-refractivity contribution < 1.29 is 27.6 Å². The molecule has 7 aromatic rings. The summed E-state index contributed by atoms with van der Waals surface area (Å²) in [5.41, 5.74) is 8.60. The highest BCUT2D eigenvalue weighted by molar-refractivity contribution is 6.00. The fourth-order valence-electron chi connectivity index (χ4n) is 11.2. The fourth-order valence-corrected chi connectivity index (χ4v) is 11.2. The van der Waals surface area contributed by atoms with Gasteiger partial charge in [-0.25, -0.2) is 23.1 Å². The van der Waals surface area contributed by atoms with Crippen LogP contribution in [0, 0.1) is 31.4 Å². The van der Waals surface area contributed by atoms with Gasteiger partial charge in [-0.15, -0.1) is 0 Å². The van der Waals surface area contributed by atoms with E-state index in [0.29, 0.717) is 77.7 Å². The maximum atomic E-state index is 15.7. The third-order valence-corrected chi connectivity index (χ3v) is 14.4. The van der Waals surface area contributed by atoms with E-state index in [1.807, 2.05) is 15.5 Å². The van der Waals surface area contributed by atoms with Gasteiger partial charge in [-0.05, 0) is 137 Å². The number of benzene rings is 3. The van der Waals surface area contributed by atoms with E-state index in [1.54, 1.807) is 36.9 Å². The van der Waals surface area contributed by atoms with Crippen molar-refractivity contribution in [1.82, 2.24) is 38.5 Å². The SMILES string of the molecule is Cc1cc(-n2nc3c(c2-n2ccn(-c4ccc(C(N)=O)c(F)c4)c2=O)[C@@H]2CC[C@H](C3)N2C(=O)c2cc3cc([C@H]4CCOC(C)(C)C4)ccc3n2[C@@]2(c3noc(=O)[nH]3)C[C@@H]2C)cc(C)c1F. The molecule has 0 spiro atoms. The summed E-state index contributed by atoms with van der Waals surface area (Å²) >= 11 is 0. The zero-order chi connectivity index (χ0) is 45.4. The monoisotopic (exact) mass is 883 g/mol. The first kappa shape index (κ1) is 40.9. The lowest BCUT2D eigenvalue weighted by molar-refractivity contribution is -0.0592. The van der Waals surface area contributed by atoms with E-state index in [0.717, 1.165) is 35.4 Å². The highest BCUT2D eigenvalue weighted by Gasteiger charge is 2.59. The second kappa shape index (κ2) is 14.3. The lowest BCUT2D eigenvalue weighted by Gasteiger charge is -2.36. The molecule has 1 aliphatic carbocycles. The van der Waals surface area contributed by atoms with Gasteiger partial charge in [0.15, 0.2) is 5.82 Å². The van der Waals surface area contributed by atoms with Crippen LogP contribution in [0.2, 0.25) is 0 Å². The van der Waals surface area contributed by atoms with Crippen LogP contribution in [0.3, 0.4) is 0 Å². The molecule has 17 heteroatoms. The van der Waals surface area contributed by atoms with Crippen molar-refractivity contribution in [2.24, 2.45) is 11.7 Å². The Morgan fingerprint density at radius 3 is 2.35 bits per heavy atom. The molecule has 3 aromatic carbocycles. The molecule has 334 valence electrons. The minimum absolute atomic E-state index is 0.00473. The van der Waals surface area contributed by atoms with Crippen LogP contribution in [0.15, 0.2) is 81.1 Å². The van der Waals surface area contributed by atoms with Gasteiger partial charge >= 0.3 is 11.4 Å². The maximum absolute atomic E-state index is 15.7. The molecular formula is C48H47F2N9O6. The molecule has 5 atom stereocenters. The second-order valence-corrected chi connectivity index (χ2v) is 19.0. The van der Waals surface area contributed by atoms with Crippen LogP contribution in [0.4, 0.5) is 8.78 Å². The molecule has 1 saturated carbocycles. The number of amides is 2. The number of nitrogens with zero attached hydrogens (tertiary/aromatic N) is 7. The molecule has 0 radical (unpaired) electrons. The Bertz CT molecular complexity index is 3260. The Hall–Kier alpha value is -6.88. The number of carbonyl (C=O) groups is 2. The molecule has 11 rings (SSSR count). The van der Waals surface area contributed by atoms with Gasteiger partial charge in [-0.2, -0.15) is 5.10 Å². The quantitative estimate of drug-likeness (QED) is 0.167. The van der Waals surface area contributed by atoms with E-state index in [1.165, 1.54) is 27.5 Å². The van der Waals surface area contributed by atoms with Crippen molar-refractivity contribution in [3.63, 3.8) is 0 Å². The van der Waals surface area contributed by atoms with Crippen LogP contribution in [0.1, 0.15) is 119 Å². The molecule has 0 unspecified atom stereocenters. The minimum Gasteiger partial charge on any atom is -0.376 e. The third-order valence-electron chi connectivity index (χ3n) is 14.4. The summed E-state index contributed by atoms with van der Waals surface area (Å²) in [5, 5.41) is 10.2. The number of hydrogen-bond donors (Lipinski definition) is 2. The van der Waals surface area contributed by atoms with Gasteiger partial charge in [0.2, 0.25) is 0 Å². The number of halogens is 2. The first-order chi connectivity index (χ1) is 31.0. The number of H-pyrrole nitrogens is 1. The molecule has 15 nitrogen and oxygen atoms in total. The topological polar surface area (TPSA) is 181 Å². The van der Waals surface area contributed by atoms with Crippen molar-refractivity contribution in [3.05, 3.63) is 145 Å². The minimum atomic E-state index is -0.938. The van der Waals surface area contributed by atoms with E-state index < -0.39 is 34.8 Å². The third kappa shape index (κ3) is 6.21. The Morgan fingerprint density at radius 1 is 0.923 bits per heavy atom. The van der Waals surface area contributed by atoms with E-state index in [-0.39, 0.29) is 46.5 Å². The molecule has 3 fully saturated rings. The number of aryl methyl sites for hydroxylation is 2. The molecular weight excluding hydrogens is 837 g/mol. The number of nitrogens with two attached hydrogens (primary N) is 1. The first-order valence-corrected chi connectivity index (χ1v) is 22.0. The summed E-state index contributed by atoms with van der Waals surface area (Å²) in [6, 6.07) is 14.6. The number of aromatic nitrogens is 7. The highest BCUT2D eigenvalue weighted by atomic mass is 19.1. The lowest BCUT2D eigenvalue weighted by atomic mass is 9.83. The molecule has 4 aromatic heterocycles. The van der Waals surface area contributed by atoms with Gasteiger partial charge < -0.3 is 19.9 Å². The summed E-state index contributed by atoms with van der Waals surface area (Å²) in [5.74, 6) is -2.10. The first-order valence-electron chi connectivity index (χ1n) is 22.0. The van der Waals surface area contributed by atoms with Gasteiger partial charge in [0.25, 0.3) is 11.8 Å². The van der Waals surface area contributed by atoms with Crippen molar-refractivity contribution in [2.75, 3.05) is 6.61 Å². The normalized spacial score (nSPS) is 23.3. The average Bonchev–Trinajstić information content (AvgIpc) is 3.86. The molecule has 7 heterocycles. The van der Waals surface area contributed by atoms with E-state index >= 15 is 13.6 Å². The Morgan fingerprint density at radius 2 is 1.68 bits per heavy atom. The zero-order valence-electron chi connectivity index (χ0n) is 36.5. The lowest BCUT2D eigenvalue weighted by Crippen LogP contribution is -2.43. The van der Waals surface area contributed by atoms with Gasteiger partial charge in [0.1, 0.15) is 28.7 Å². The van der Waals surface area contributed by atoms with Gasteiger partial charge in [-0.1, -0.05) is 18.1 Å². The predicted octanol–water partition coefficient (Wildman–Crippen LogP) is 6.80. The maximum Gasteiger partial charge on any atom is 0.438 e. The number of aromatic amines is 1. The van der Waals surface area contributed by atoms with Crippen LogP contribution in [0.5, 0.6) is 0 Å². The number of carbonyl (C=O) groups excluding carboxylic acids is 2. The smallest absolute Gasteiger partial charge is 0.376 e. The van der Waals surface area contributed by atoms with Crippen LogP contribution < -0.4 is 17.2 Å². The van der Waals surface area contributed by atoms with Crippen molar-refractivity contribution in [2.45, 2.75) is 102 Å². The Balaban J connectivity index is 1.07. The predicted molar refractivity (Wildman–Crippen MR) is 234 cm³/mol. The number of nitrogens with one attached hydrogen (secondary N) is 1. The Kier molecular flexibility index (Phi) is 9.00. The summed E-state index contributed by atoms with van der Waals surface area (Å²) in [6.45, 7) is 10.3. The number of rotatable bonds is 8. The molecule has 4 aliphatic rings. The van der Waals surface area contributed by atoms with Crippen molar-refractivity contribution in [3.8, 4) is 17.2 Å². The molecule has 65 heavy (non-hydrogen) atoms. The van der Waals surface area contributed by atoms with Gasteiger partial charge in [-0.3, -0.25) is 28.2 Å². The van der Waals surface area contributed by atoms with E-state index in [9.17, 15) is 14.4 Å². The van der Waals surface area contributed by atoms with Crippen molar-refractivity contribution >= 4 is 22.7 Å². The van der Waals surface area contributed by atoms with E-state index in [2.05, 4.69) is 49.1 Å². The summed E-state index contributed by atoms with van der Waals surface area (Å²) in [4.78, 5) is 59.3. The highest BCUT2D eigenvalue weighted by Crippen LogP contribution is 2.57. The zero-order valence-corrected chi connectivity index (χ0v) is 36.5. The van der Waals surface area contributed by atoms with Crippen LogP contribution in [-0.4, -0.2) is 68.6 Å². The molecule has 3 aliphatic heterocycles. The number of fused-ring (bicyclic) bond motifs is 5. The molecule has 2 bridgehead atoms. The average molecular weight is 884 g/mol. The molecule has 2 amide bonds. The van der Waals surface area contributed by atoms with Crippen LogP contribution in [0.25, 0.3) is 28.1 Å². The van der Waals surface area contributed by atoms with Crippen molar-refractivity contribution in [1.29, 1.82) is 0 Å². The number of ether oxygens (including phenoxy) is 1. The number of hydrogen-bond acceptors (Lipinski definition) is 8. The van der Waals surface area contributed by atoms with Crippen LogP contribution in [-0.2, 0) is 16.7 Å². The van der Waals surface area contributed by atoms with Gasteiger partial charge in [0, 0.05) is 47.9 Å². The summed E-state index contributed by atoms with van der Waals surface area (Å²) in [7, 11) is 0. The van der Waals surface area contributed by atoms with Gasteiger partial charge in [0.05, 0.1) is 34.3 Å². The summed E-state index contributed by atoms with van der Waals surface area (Å²) in [6.07, 6.45) is 7.00. The second-order valence-electron chi connectivity index (χ2n) is 19.0. The largest absolute Gasteiger partial charge is 0.438 e. The number of primary amides is 1. The molecule has 3 N–H and O–H groups in total. The van der Waals surface area contributed by atoms with E-state index in [4.69, 9.17) is 20.1 Å². The molecule has 2 saturated heterocycles. The summed E-state index contributed by atoms with van der Waals surface area (Å²) < 4.78 is 47.6. The Labute approximate surface area is 370 Å². The van der Waals surface area contributed by atoms with Crippen LogP contribution >= 0.6 is 0 Å². The fraction of sp³-hybridized carbons (Fsp3) is 0.375.